The molecule has 1 aromatic rings. The van der Waals surface area contributed by atoms with Crippen LogP contribution in [-0.4, -0.2) is 10.2 Å². The van der Waals surface area contributed by atoms with E-state index in [4.69, 9.17) is 0 Å². The van der Waals surface area contributed by atoms with Crippen molar-refractivity contribution < 1.29 is 10.2 Å². The van der Waals surface area contributed by atoms with E-state index in [1.165, 1.54) is 5.56 Å². The Kier molecular flexibility index (Phi) is 5.01. The maximum Gasteiger partial charge on any atom is 0.121 e. The maximum absolute atomic E-state index is 9.58. The Labute approximate surface area is 104 Å². The number of rotatable bonds is 5. The van der Waals surface area contributed by atoms with Gasteiger partial charge in [-0.2, -0.15) is 0 Å². The van der Waals surface area contributed by atoms with Gasteiger partial charge in [0.1, 0.15) is 5.75 Å². The molecule has 0 aliphatic heterocycles. The standard InChI is InChI=1S/C15H24O2/c1-10(2)7-14(11(3)4)12-5-6-15(17)13(8-12)9-16/h5-6,8,10-11,14,16-17H,7,9H2,1-4H3. The van der Waals surface area contributed by atoms with Gasteiger partial charge >= 0.3 is 0 Å². The molecule has 1 aromatic carbocycles. The van der Waals surface area contributed by atoms with E-state index in [1.807, 2.05) is 12.1 Å². The second-order valence-electron chi connectivity index (χ2n) is 5.53. The van der Waals surface area contributed by atoms with E-state index in [2.05, 4.69) is 27.7 Å². The summed E-state index contributed by atoms with van der Waals surface area (Å²) in [5.41, 5.74) is 1.84. The van der Waals surface area contributed by atoms with Crippen LogP contribution >= 0.6 is 0 Å². The summed E-state index contributed by atoms with van der Waals surface area (Å²) < 4.78 is 0. The van der Waals surface area contributed by atoms with Crippen LogP contribution in [0.1, 0.15) is 51.2 Å². The molecule has 0 saturated carbocycles. The van der Waals surface area contributed by atoms with Gasteiger partial charge in [-0.25, -0.2) is 0 Å². The van der Waals surface area contributed by atoms with Gasteiger partial charge in [0, 0.05) is 5.56 Å². The summed E-state index contributed by atoms with van der Waals surface area (Å²) >= 11 is 0. The van der Waals surface area contributed by atoms with Crippen molar-refractivity contribution >= 4 is 0 Å². The normalized spacial score (nSPS) is 13.4. The van der Waals surface area contributed by atoms with E-state index in [0.29, 0.717) is 23.3 Å². The minimum Gasteiger partial charge on any atom is -0.508 e. The van der Waals surface area contributed by atoms with Crippen molar-refractivity contribution in [3.63, 3.8) is 0 Å². The monoisotopic (exact) mass is 236 g/mol. The highest BCUT2D eigenvalue weighted by atomic mass is 16.3. The van der Waals surface area contributed by atoms with Gasteiger partial charge in [-0.15, -0.1) is 0 Å². The molecule has 0 radical (unpaired) electrons. The number of benzene rings is 1. The Morgan fingerprint density at radius 1 is 1.12 bits per heavy atom. The third kappa shape index (κ3) is 3.74. The number of aromatic hydroxyl groups is 1. The summed E-state index contributed by atoms with van der Waals surface area (Å²) in [6.07, 6.45) is 1.13. The lowest BCUT2D eigenvalue weighted by atomic mass is 9.82. The van der Waals surface area contributed by atoms with Crippen LogP contribution in [0.15, 0.2) is 18.2 Å². The lowest BCUT2D eigenvalue weighted by molar-refractivity contribution is 0.275. The number of hydrogen-bond donors (Lipinski definition) is 2. The van der Waals surface area contributed by atoms with E-state index < -0.39 is 0 Å². The molecule has 0 aromatic heterocycles. The van der Waals surface area contributed by atoms with Crippen molar-refractivity contribution in [3.8, 4) is 5.75 Å². The summed E-state index contributed by atoms with van der Waals surface area (Å²) in [5.74, 6) is 1.88. The molecule has 2 heteroatoms. The molecule has 0 aliphatic rings. The zero-order chi connectivity index (χ0) is 13.0. The fraction of sp³-hybridized carbons (Fsp3) is 0.600. The summed E-state index contributed by atoms with van der Waals surface area (Å²) in [6, 6.07) is 5.60. The minimum absolute atomic E-state index is 0.105. The molecule has 0 spiro atoms. The van der Waals surface area contributed by atoms with E-state index in [9.17, 15) is 10.2 Å². The van der Waals surface area contributed by atoms with Gasteiger partial charge in [0.2, 0.25) is 0 Å². The van der Waals surface area contributed by atoms with Gasteiger partial charge in [-0.3, -0.25) is 0 Å². The molecule has 2 nitrogen and oxygen atoms in total. The Morgan fingerprint density at radius 3 is 2.24 bits per heavy atom. The van der Waals surface area contributed by atoms with Crippen LogP contribution in [0.3, 0.4) is 0 Å². The van der Waals surface area contributed by atoms with Crippen LogP contribution in [-0.2, 0) is 6.61 Å². The molecule has 0 saturated heterocycles. The average Bonchev–Trinajstić information content (AvgIpc) is 2.26. The van der Waals surface area contributed by atoms with Gasteiger partial charge < -0.3 is 10.2 Å². The second kappa shape index (κ2) is 6.06. The predicted octanol–water partition coefficient (Wildman–Crippen LogP) is 3.67. The van der Waals surface area contributed by atoms with Crippen molar-refractivity contribution in [2.75, 3.05) is 0 Å². The molecule has 0 aliphatic carbocycles. The van der Waals surface area contributed by atoms with E-state index >= 15 is 0 Å². The summed E-state index contributed by atoms with van der Waals surface area (Å²) in [5, 5.41) is 18.8. The molecule has 0 fully saturated rings. The molecular formula is C15H24O2. The molecule has 1 atom stereocenters. The zero-order valence-corrected chi connectivity index (χ0v) is 11.3. The Balaban J connectivity index is 3.01. The second-order valence-corrected chi connectivity index (χ2v) is 5.53. The van der Waals surface area contributed by atoms with Crippen LogP contribution in [0, 0.1) is 11.8 Å². The lowest BCUT2D eigenvalue weighted by Crippen LogP contribution is -2.10. The molecule has 1 rings (SSSR count). The zero-order valence-electron chi connectivity index (χ0n) is 11.3. The lowest BCUT2D eigenvalue weighted by Gasteiger charge is -2.24. The number of phenols is 1. The SMILES string of the molecule is CC(C)CC(c1ccc(O)c(CO)c1)C(C)C. The van der Waals surface area contributed by atoms with E-state index in [-0.39, 0.29) is 12.4 Å². The fourth-order valence-electron chi connectivity index (χ4n) is 2.26. The smallest absolute Gasteiger partial charge is 0.121 e. The number of aliphatic hydroxyl groups is 1. The minimum atomic E-state index is -0.105. The van der Waals surface area contributed by atoms with Gasteiger partial charge in [0.25, 0.3) is 0 Å². The first-order valence-electron chi connectivity index (χ1n) is 6.38. The largest absolute Gasteiger partial charge is 0.508 e. The van der Waals surface area contributed by atoms with Gasteiger partial charge in [-0.1, -0.05) is 33.8 Å². The Bertz CT molecular complexity index is 356. The highest BCUT2D eigenvalue weighted by molar-refractivity contribution is 5.37. The molecule has 96 valence electrons. The van der Waals surface area contributed by atoms with Crippen LogP contribution < -0.4 is 0 Å². The molecule has 2 N–H and O–H groups in total. The van der Waals surface area contributed by atoms with Crippen molar-refractivity contribution in [1.29, 1.82) is 0 Å². The number of hydrogen-bond acceptors (Lipinski definition) is 2. The number of aliphatic hydroxyl groups excluding tert-OH is 1. The van der Waals surface area contributed by atoms with Crippen LogP contribution in [0.4, 0.5) is 0 Å². The van der Waals surface area contributed by atoms with Gasteiger partial charge in [0.15, 0.2) is 0 Å². The summed E-state index contributed by atoms with van der Waals surface area (Å²) in [6.45, 7) is 8.79. The first-order chi connectivity index (χ1) is 7.95. The third-order valence-corrected chi connectivity index (χ3v) is 3.23. The summed E-state index contributed by atoms with van der Waals surface area (Å²) in [7, 11) is 0. The first-order valence-corrected chi connectivity index (χ1v) is 6.38. The predicted molar refractivity (Wildman–Crippen MR) is 71.1 cm³/mol. The first kappa shape index (κ1) is 14.0. The molecule has 0 bridgehead atoms. The molecule has 0 amide bonds. The summed E-state index contributed by atoms with van der Waals surface area (Å²) in [4.78, 5) is 0. The Hall–Kier alpha value is -1.02. The van der Waals surface area contributed by atoms with E-state index in [1.54, 1.807) is 6.07 Å². The van der Waals surface area contributed by atoms with Crippen molar-refractivity contribution in [3.05, 3.63) is 29.3 Å². The third-order valence-electron chi connectivity index (χ3n) is 3.23. The van der Waals surface area contributed by atoms with Crippen LogP contribution in [0.25, 0.3) is 0 Å². The molecule has 1 unspecified atom stereocenters. The molecular weight excluding hydrogens is 212 g/mol. The fourth-order valence-corrected chi connectivity index (χ4v) is 2.26. The molecule has 0 heterocycles. The quantitative estimate of drug-likeness (QED) is 0.819. The topological polar surface area (TPSA) is 40.5 Å². The van der Waals surface area contributed by atoms with Crippen LogP contribution in [0.2, 0.25) is 0 Å². The average molecular weight is 236 g/mol. The van der Waals surface area contributed by atoms with E-state index in [0.717, 1.165) is 6.42 Å². The van der Waals surface area contributed by atoms with Crippen molar-refractivity contribution in [2.24, 2.45) is 11.8 Å². The van der Waals surface area contributed by atoms with Gasteiger partial charge in [0.05, 0.1) is 6.61 Å². The van der Waals surface area contributed by atoms with Crippen molar-refractivity contribution in [2.45, 2.75) is 46.6 Å². The van der Waals surface area contributed by atoms with Crippen LogP contribution in [0.5, 0.6) is 5.75 Å². The highest BCUT2D eigenvalue weighted by Gasteiger charge is 2.18. The van der Waals surface area contributed by atoms with Crippen molar-refractivity contribution in [1.82, 2.24) is 0 Å². The highest BCUT2D eigenvalue weighted by Crippen LogP contribution is 2.33. The molecule has 17 heavy (non-hydrogen) atoms. The Morgan fingerprint density at radius 2 is 1.76 bits per heavy atom. The maximum atomic E-state index is 9.58. The van der Waals surface area contributed by atoms with Gasteiger partial charge in [-0.05, 0) is 41.9 Å².